The van der Waals surface area contributed by atoms with Crippen LogP contribution in [0.5, 0.6) is 0 Å². The van der Waals surface area contributed by atoms with Gasteiger partial charge in [-0.2, -0.15) is 0 Å². The van der Waals surface area contributed by atoms with Gasteiger partial charge in [-0.15, -0.1) is 0 Å². The Kier molecular flexibility index (Phi) is 2.69. The Morgan fingerprint density at radius 1 is 1.08 bits per heavy atom. The lowest BCUT2D eigenvalue weighted by Crippen LogP contribution is -2.07. The molecule has 1 aliphatic heterocycles. The lowest BCUT2D eigenvalue weighted by atomic mass is 9.88. The van der Waals surface area contributed by atoms with Crippen LogP contribution in [0.3, 0.4) is 0 Å². The van der Waals surface area contributed by atoms with Crippen molar-refractivity contribution in [2.45, 2.75) is 64.1 Å². The van der Waals surface area contributed by atoms with Crippen molar-refractivity contribution in [3.8, 4) is 0 Å². The minimum Gasteiger partial charge on any atom is -0.370 e. The van der Waals surface area contributed by atoms with E-state index in [-0.39, 0.29) is 0 Å². The zero-order chi connectivity index (χ0) is 8.39. The second-order valence-electron chi connectivity index (χ2n) is 4.38. The number of fused-ring (bicyclic) bond motifs is 1. The van der Waals surface area contributed by atoms with Crippen LogP contribution in [0.2, 0.25) is 0 Å². The van der Waals surface area contributed by atoms with Crippen molar-refractivity contribution in [3.05, 3.63) is 0 Å². The molecule has 1 aliphatic carbocycles. The molecule has 1 heterocycles. The van der Waals surface area contributed by atoms with E-state index in [1.54, 1.807) is 0 Å². The number of hydrogen-bond donors (Lipinski definition) is 0. The third kappa shape index (κ3) is 2.01. The van der Waals surface area contributed by atoms with Crippen molar-refractivity contribution in [1.82, 2.24) is 0 Å². The largest absolute Gasteiger partial charge is 0.370 e. The van der Waals surface area contributed by atoms with Crippen LogP contribution in [0.4, 0.5) is 0 Å². The van der Waals surface area contributed by atoms with Gasteiger partial charge < -0.3 is 4.74 Å². The molecule has 0 aromatic heterocycles. The van der Waals surface area contributed by atoms with Crippen LogP contribution in [0, 0.1) is 5.92 Å². The van der Waals surface area contributed by atoms with Gasteiger partial charge in [-0.1, -0.05) is 32.6 Å². The van der Waals surface area contributed by atoms with Gasteiger partial charge in [0.25, 0.3) is 0 Å². The summed E-state index contributed by atoms with van der Waals surface area (Å²) in [5, 5.41) is 0. The summed E-state index contributed by atoms with van der Waals surface area (Å²) in [6.45, 7) is 2.30. The maximum absolute atomic E-state index is 5.56. The third-order valence-corrected chi connectivity index (χ3v) is 3.35. The fraction of sp³-hybridized carbons (Fsp3) is 1.00. The van der Waals surface area contributed by atoms with Gasteiger partial charge in [0.05, 0.1) is 12.2 Å². The highest BCUT2D eigenvalue weighted by Gasteiger charge is 2.38. The van der Waals surface area contributed by atoms with Gasteiger partial charge in [0.2, 0.25) is 0 Å². The highest BCUT2D eigenvalue weighted by Crippen LogP contribution is 2.36. The Bertz CT molecular complexity index is 144. The highest BCUT2D eigenvalue weighted by atomic mass is 16.6. The van der Waals surface area contributed by atoms with Gasteiger partial charge in [0.1, 0.15) is 0 Å². The van der Waals surface area contributed by atoms with Crippen molar-refractivity contribution in [1.29, 1.82) is 0 Å². The minimum atomic E-state index is 0.671. The Labute approximate surface area is 75.5 Å². The van der Waals surface area contributed by atoms with Crippen LogP contribution in [0.25, 0.3) is 0 Å². The predicted molar refractivity (Wildman–Crippen MR) is 50.1 cm³/mol. The molecule has 3 unspecified atom stereocenters. The molecule has 0 amide bonds. The molecule has 1 nitrogen and oxygen atoms in total. The van der Waals surface area contributed by atoms with Crippen LogP contribution >= 0.6 is 0 Å². The van der Waals surface area contributed by atoms with Crippen LogP contribution < -0.4 is 0 Å². The van der Waals surface area contributed by atoms with Gasteiger partial charge in [-0.3, -0.25) is 0 Å². The SMILES string of the molecule is CCCC1CCCC2OC2CC1. The Hall–Kier alpha value is -0.0400. The number of rotatable bonds is 2. The molecule has 2 aliphatic rings. The maximum Gasteiger partial charge on any atom is 0.0842 e. The second kappa shape index (κ2) is 3.78. The molecule has 0 N–H and O–H groups in total. The molecule has 0 radical (unpaired) electrons. The van der Waals surface area contributed by atoms with Crippen LogP contribution in [0.1, 0.15) is 51.9 Å². The normalized spacial score (nSPS) is 41.2. The van der Waals surface area contributed by atoms with Crippen molar-refractivity contribution in [2.75, 3.05) is 0 Å². The summed E-state index contributed by atoms with van der Waals surface area (Å²) in [7, 11) is 0. The predicted octanol–water partition coefficient (Wildman–Crippen LogP) is 3.13. The average Bonchev–Trinajstić information content (AvgIpc) is 2.74. The Morgan fingerprint density at radius 2 is 1.92 bits per heavy atom. The molecule has 70 valence electrons. The van der Waals surface area contributed by atoms with Gasteiger partial charge in [-0.05, 0) is 25.2 Å². The first-order chi connectivity index (χ1) is 5.90. The molecule has 12 heavy (non-hydrogen) atoms. The summed E-state index contributed by atoms with van der Waals surface area (Å²) < 4.78 is 5.56. The first-order valence-electron chi connectivity index (χ1n) is 5.55. The quantitative estimate of drug-likeness (QED) is 0.577. The number of epoxide rings is 1. The lowest BCUT2D eigenvalue weighted by Gasteiger charge is -2.16. The zero-order valence-electron chi connectivity index (χ0n) is 8.09. The topological polar surface area (TPSA) is 12.5 Å². The summed E-state index contributed by atoms with van der Waals surface area (Å²) in [5.41, 5.74) is 0. The van der Waals surface area contributed by atoms with Crippen LogP contribution in [0.15, 0.2) is 0 Å². The fourth-order valence-corrected chi connectivity index (χ4v) is 2.54. The molecule has 1 heteroatoms. The van der Waals surface area contributed by atoms with Crippen molar-refractivity contribution in [2.24, 2.45) is 5.92 Å². The minimum absolute atomic E-state index is 0.671. The van der Waals surface area contributed by atoms with Gasteiger partial charge in [0, 0.05) is 0 Å². The van der Waals surface area contributed by atoms with Crippen LogP contribution in [-0.4, -0.2) is 12.2 Å². The Morgan fingerprint density at radius 3 is 2.75 bits per heavy atom. The lowest BCUT2D eigenvalue weighted by molar-refractivity contribution is 0.350. The first-order valence-corrected chi connectivity index (χ1v) is 5.55. The van der Waals surface area contributed by atoms with Crippen LogP contribution in [-0.2, 0) is 4.74 Å². The average molecular weight is 168 g/mol. The molecular weight excluding hydrogens is 148 g/mol. The third-order valence-electron chi connectivity index (χ3n) is 3.35. The molecule has 1 saturated heterocycles. The van der Waals surface area contributed by atoms with E-state index in [9.17, 15) is 0 Å². The molecule has 0 spiro atoms. The van der Waals surface area contributed by atoms with Gasteiger partial charge in [0.15, 0.2) is 0 Å². The monoisotopic (exact) mass is 168 g/mol. The first kappa shape index (κ1) is 8.55. The molecule has 0 bridgehead atoms. The van der Waals surface area contributed by atoms with E-state index in [0.717, 1.165) is 5.92 Å². The second-order valence-corrected chi connectivity index (χ2v) is 4.38. The van der Waals surface area contributed by atoms with E-state index in [2.05, 4.69) is 6.92 Å². The molecule has 2 fully saturated rings. The van der Waals surface area contributed by atoms with E-state index in [1.807, 2.05) is 0 Å². The summed E-state index contributed by atoms with van der Waals surface area (Å²) in [4.78, 5) is 0. The number of hydrogen-bond acceptors (Lipinski definition) is 1. The molecule has 0 aromatic rings. The molecule has 1 saturated carbocycles. The van der Waals surface area contributed by atoms with Crippen molar-refractivity contribution < 1.29 is 4.74 Å². The number of ether oxygens (including phenoxy) is 1. The maximum atomic E-state index is 5.56. The highest BCUT2D eigenvalue weighted by molar-refractivity contribution is 4.87. The summed E-state index contributed by atoms with van der Waals surface area (Å²) in [6, 6.07) is 0. The van der Waals surface area contributed by atoms with E-state index in [4.69, 9.17) is 4.74 Å². The van der Waals surface area contributed by atoms with Gasteiger partial charge >= 0.3 is 0 Å². The van der Waals surface area contributed by atoms with Crippen molar-refractivity contribution >= 4 is 0 Å². The zero-order valence-corrected chi connectivity index (χ0v) is 8.09. The summed E-state index contributed by atoms with van der Waals surface area (Å²) >= 11 is 0. The van der Waals surface area contributed by atoms with Gasteiger partial charge in [-0.25, -0.2) is 0 Å². The van der Waals surface area contributed by atoms with E-state index in [1.165, 1.54) is 44.9 Å². The van der Waals surface area contributed by atoms with Crippen molar-refractivity contribution in [3.63, 3.8) is 0 Å². The molecule has 0 aromatic carbocycles. The molecular formula is C11H20O. The van der Waals surface area contributed by atoms with E-state index >= 15 is 0 Å². The smallest absolute Gasteiger partial charge is 0.0842 e. The Balaban J connectivity index is 1.76. The van der Waals surface area contributed by atoms with E-state index < -0.39 is 0 Å². The van der Waals surface area contributed by atoms with E-state index in [0.29, 0.717) is 12.2 Å². The fourth-order valence-electron chi connectivity index (χ4n) is 2.54. The standard InChI is InChI=1S/C11H20O/c1-2-4-9-5-3-6-10-11(12-10)8-7-9/h9-11H,2-8H2,1H3. The molecule has 2 rings (SSSR count). The summed E-state index contributed by atoms with van der Waals surface area (Å²) in [5.74, 6) is 1.01. The molecule has 3 atom stereocenters. The summed E-state index contributed by atoms with van der Waals surface area (Å²) in [6.07, 6.45) is 11.1.